The Labute approximate surface area is 111 Å². The second-order valence-electron chi connectivity index (χ2n) is 4.13. The van der Waals surface area contributed by atoms with E-state index in [0.717, 1.165) is 22.3 Å². The highest BCUT2D eigenvalue weighted by atomic mass is 32.1. The number of aromatic nitrogens is 1. The fourth-order valence-electron chi connectivity index (χ4n) is 1.67. The predicted molar refractivity (Wildman–Crippen MR) is 77.1 cm³/mol. The van der Waals surface area contributed by atoms with Gasteiger partial charge >= 0.3 is 0 Å². The topological polar surface area (TPSA) is 51.4 Å². The van der Waals surface area contributed by atoms with Crippen molar-refractivity contribution < 1.29 is 4.74 Å². The SMILES string of the molecule is COc1ccc(N)cc1N(C)c1nc(C)c(C)s1. The van der Waals surface area contributed by atoms with E-state index in [4.69, 9.17) is 10.5 Å². The van der Waals surface area contributed by atoms with Crippen molar-refractivity contribution in [3.63, 3.8) is 0 Å². The number of benzene rings is 1. The van der Waals surface area contributed by atoms with E-state index in [1.54, 1.807) is 18.4 Å². The Hall–Kier alpha value is -1.75. The number of hydrogen-bond acceptors (Lipinski definition) is 5. The molecular formula is C13H17N3OS. The van der Waals surface area contributed by atoms with Crippen molar-refractivity contribution in [2.24, 2.45) is 0 Å². The minimum absolute atomic E-state index is 0.711. The van der Waals surface area contributed by atoms with Gasteiger partial charge in [-0.15, -0.1) is 11.3 Å². The largest absolute Gasteiger partial charge is 0.495 e. The van der Waals surface area contributed by atoms with Crippen LogP contribution in [0.3, 0.4) is 0 Å². The summed E-state index contributed by atoms with van der Waals surface area (Å²) in [6, 6.07) is 5.59. The van der Waals surface area contributed by atoms with Crippen molar-refractivity contribution in [1.29, 1.82) is 0 Å². The smallest absolute Gasteiger partial charge is 0.190 e. The highest BCUT2D eigenvalue weighted by molar-refractivity contribution is 7.15. The van der Waals surface area contributed by atoms with Gasteiger partial charge in [0.05, 0.1) is 18.5 Å². The molecule has 0 radical (unpaired) electrons. The zero-order chi connectivity index (χ0) is 13.3. The zero-order valence-corrected chi connectivity index (χ0v) is 11.8. The Bertz CT molecular complexity index is 546. The number of nitrogen functional groups attached to an aromatic ring is 1. The van der Waals surface area contributed by atoms with Crippen LogP contribution in [-0.2, 0) is 0 Å². The van der Waals surface area contributed by atoms with E-state index in [0.29, 0.717) is 5.69 Å². The molecule has 0 bridgehead atoms. The molecule has 2 aromatic rings. The maximum Gasteiger partial charge on any atom is 0.190 e. The second kappa shape index (κ2) is 4.86. The molecule has 0 aliphatic carbocycles. The normalized spacial score (nSPS) is 10.4. The van der Waals surface area contributed by atoms with Gasteiger partial charge in [0, 0.05) is 17.6 Å². The van der Waals surface area contributed by atoms with Crippen LogP contribution in [0.5, 0.6) is 5.75 Å². The van der Waals surface area contributed by atoms with E-state index in [1.807, 2.05) is 37.1 Å². The van der Waals surface area contributed by atoms with Crippen LogP contribution in [0.15, 0.2) is 18.2 Å². The number of aryl methyl sites for hydroxylation is 2. The number of nitrogens with two attached hydrogens (primary N) is 1. The number of hydrogen-bond donors (Lipinski definition) is 1. The summed E-state index contributed by atoms with van der Waals surface area (Å²) in [4.78, 5) is 7.76. The van der Waals surface area contributed by atoms with Crippen LogP contribution in [0, 0.1) is 13.8 Å². The molecule has 1 heterocycles. The Kier molecular flexibility index (Phi) is 3.43. The standard InChI is InChI=1S/C13H17N3OS/c1-8-9(2)18-13(15-8)16(3)11-7-10(14)5-6-12(11)17-4/h5-7H,14H2,1-4H3. The molecule has 0 fully saturated rings. The zero-order valence-electron chi connectivity index (χ0n) is 11.0. The van der Waals surface area contributed by atoms with E-state index < -0.39 is 0 Å². The van der Waals surface area contributed by atoms with Crippen LogP contribution in [-0.4, -0.2) is 19.1 Å². The highest BCUT2D eigenvalue weighted by Gasteiger charge is 2.14. The lowest BCUT2D eigenvalue weighted by Crippen LogP contribution is -2.11. The van der Waals surface area contributed by atoms with Gasteiger partial charge in [0.25, 0.3) is 0 Å². The monoisotopic (exact) mass is 263 g/mol. The first-order valence-corrected chi connectivity index (χ1v) is 6.46. The number of methoxy groups -OCH3 is 1. The summed E-state index contributed by atoms with van der Waals surface area (Å²) in [6.07, 6.45) is 0. The first kappa shape index (κ1) is 12.7. The van der Waals surface area contributed by atoms with Crippen molar-refractivity contribution in [3.8, 4) is 5.75 Å². The molecule has 0 aliphatic heterocycles. The summed E-state index contributed by atoms with van der Waals surface area (Å²) in [5.74, 6) is 0.789. The third kappa shape index (κ3) is 2.26. The van der Waals surface area contributed by atoms with Crippen molar-refractivity contribution >= 4 is 27.8 Å². The molecule has 0 unspecified atom stereocenters. The van der Waals surface area contributed by atoms with Crippen LogP contribution >= 0.6 is 11.3 Å². The average molecular weight is 263 g/mol. The fraction of sp³-hybridized carbons (Fsp3) is 0.308. The molecule has 0 atom stereocenters. The third-order valence-corrected chi connectivity index (χ3v) is 4.02. The number of thiazole rings is 1. The van der Waals surface area contributed by atoms with Gasteiger partial charge in [-0.2, -0.15) is 0 Å². The molecule has 1 aromatic heterocycles. The van der Waals surface area contributed by atoms with Gasteiger partial charge < -0.3 is 15.4 Å². The summed E-state index contributed by atoms with van der Waals surface area (Å²) in [7, 11) is 3.62. The van der Waals surface area contributed by atoms with Crippen LogP contribution in [0.2, 0.25) is 0 Å². The molecule has 4 nitrogen and oxygen atoms in total. The molecule has 2 N–H and O–H groups in total. The number of ether oxygens (including phenoxy) is 1. The van der Waals surface area contributed by atoms with Crippen molar-refractivity contribution in [1.82, 2.24) is 4.98 Å². The van der Waals surface area contributed by atoms with Crippen molar-refractivity contribution in [3.05, 3.63) is 28.8 Å². The maximum absolute atomic E-state index is 5.83. The summed E-state index contributed by atoms with van der Waals surface area (Å²) < 4.78 is 5.36. The maximum atomic E-state index is 5.83. The second-order valence-corrected chi connectivity index (χ2v) is 5.31. The van der Waals surface area contributed by atoms with Gasteiger partial charge in [0.15, 0.2) is 5.13 Å². The number of nitrogens with zero attached hydrogens (tertiary/aromatic N) is 2. The molecule has 0 saturated carbocycles. The van der Waals surface area contributed by atoms with Gasteiger partial charge in [-0.25, -0.2) is 4.98 Å². The van der Waals surface area contributed by atoms with Gasteiger partial charge in [-0.05, 0) is 32.0 Å². The van der Waals surface area contributed by atoms with Crippen LogP contribution < -0.4 is 15.4 Å². The molecule has 5 heteroatoms. The summed E-state index contributed by atoms with van der Waals surface area (Å²) in [5.41, 5.74) is 8.53. The van der Waals surface area contributed by atoms with Crippen LogP contribution in [0.4, 0.5) is 16.5 Å². The minimum atomic E-state index is 0.711. The molecule has 96 valence electrons. The summed E-state index contributed by atoms with van der Waals surface area (Å²) >= 11 is 1.66. The molecular weight excluding hydrogens is 246 g/mol. The molecule has 0 spiro atoms. The van der Waals surface area contributed by atoms with Gasteiger partial charge in [-0.3, -0.25) is 0 Å². The highest BCUT2D eigenvalue weighted by Crippen LogP contribution is 2.36. The lowest BCUT2D eigenvalue weighted by atomic mass is 10.2. The lowest BCUT2D eigenvalue weighted by molar-refractivity contribution is 0.416. The molecule has 0 saturated heterocycles. The molecule has 0 amide bonds. The Morgan fingerprint density at radius 1 is 1.33 bits per heavy atom. The average Bonchev–Trinajstić information content (AvgIpc) is 2.68. The lowest BCUT2D eigenvalue weighted by Gasteiger charge is -2.19. The van der Waals surface area contributed by atoms with Crippen LogP contribution in [0.1, 0.15) is 10.6 Å². The minimum Gasteiger partial charge on any atom is -0.495 e. The quantitative estimate of drug-likeness (QED) is 0.864. The van der Waals surface area contributed by atoms with Gasteiger partial charge in [0.1, 0.15) is 5.75 Å². The predicted octanol–water partition coefficient (Wildman–Crippen LogP) is 3.12. The van der Waals surface area contributed by atoms with Gasteiger partial charge in [-0.1, -0.05) is 0 Å². The summed E-state index contributed by atoms with van der Waals surface area (Å²) in [5, 5.41) is 0.939. The first-order valence-electron chi connectivity index (χ1n) is 5.64. The van der Waals surface area contributed by atoms with Crippen molar-refractivity contribution in [2.45, 2.75) is 13.8 Å². The molecule has 0 aliphatic rings. The third-order valence-electron chi connectivity index (χ3n) is 2.87. The Balaban J connectivity index is 2.44. The summed E-state index contributed by atoms with van der Waals surface area (Å²) in [6.45, 7) is 4.08. The fourth-order valence-corrected chi connectivity index (χ4v) is 2.56. The molecule has 2 rings (SSSR count). The van der Waals surface area contributed by atoms with E-state index in [-0.39, 0.29) is 0 Å². The van der Waals surface area contributed by atoms with Gasteiger partial charge in [0.2, 0.25) is 0 Å². The van der Waals surface area contributed by atoms with E-state index >= 15 is 0 Å². The molecule has 18 heavy (non-hydrogen) atoms. The molecule has 1 aromatic carbocycles. The Morgan fingerprint density at radius 3 is 2.61 bits per heavy atom. The van der Waals surface area contributed by atoms with E-state index in [9.17, 15) is 0 Å². The van der Waals surface area contributed by atoms with E-state index in [1.165, 1.54) is 4.88 Å². The van der Waals surface area contributed by atoms with Crippen molar-refractivity contribution in [2.75, 3.05) is 24.8 Å². The first-order chi connectivity index (χ1) is 8.52. The number of rotatable bonds is 3. The van der Waals surface area contributed by atoms with Crippen LogP contribution in [0.25, 0.3) is 0 Å². The van der Waals surface area contributed by atoms with E-state index in [2.05, 4.69) is 11.9 Å². The Morgan fingerprint density at radius 2 is 2.06 bits per heavy atom. The number of anilines is 3.